The zero-order chi connectivity index (χ0) is 16.5. The predicted molar refractivity (Wildman–Crippen MR) is 87.4 cm³/mol. The van der Waals surface area contributed by atoms with E-state index in [2.05, 4.69) is 4.72 Å². The predicted octanol–water partition coefficient (Wildman–Crippen LogP) is 3.59. The van der Waals surface area contributed by atoms with Crippen molar-refractivity contribution in [2.45, 2.75) is 32.6 Å². The van der Waals surface area contributed by atoms with Crippen molar-refractivity contribution in [2.24, 2.45) is 0 Å². The fourth-order valence-electron chi connectivity index (χ4n) is 2.45. The Kier molecular flexibility index (Phi) is 4.25. The second-order valence-electron chi connectivity index (χ2n) is 5.35. The van der Waals surface area contributed by atoms with Crippen molar-refractivity contribution < 1.29 is 8.42 Å². The van der Waals surface area contributed by atoms with E-state index in [1.54, 1.807) is 38.1 Å². The number of nitriles is 1. The van der Waals surface area contributed by atoms with Gasteiger partial charge in [0.2, 0.25) is 0 Å². The minimum absolute atomic E-state index is 0.290. The molecule has 22 heavy (non-hydrogen) atoms. The molecule has 4 nitrogen and oxygen atoms in total. The first kappa shape index (κ1) is 16.1. The summed E-state index contributed by atoms with van der Waals surface area (Å²) in [6, 6.07) is 10.5. The fourth-order valence-corrected chi connectivity index (χ4v) is 4.15. The summed E-state index contributed by atoms with van der Waals surface area (Å²) in [4.78, 5) is 0.290. The highest BCUT2D eigenvalue weighted by Crippen LogP contribution is 2.28. The molecule has 0 fully saturated rings. The highest BCUT2D eigenvalue weighted by atomic mass is 32.2. The van der Waals surface area contributed by atoms with Gasteiger partial charge in [-0.1, -0.05) is 18.2 Å². The molecular formula is C17H18N2O2S. The molecule has 0 atom stereocenters. The van der Waals surface area contributed by atoms with Crippen LogP contribution < -0.4 is 4.72 Å². The van der Waals surface area contributed by atoms with Crippen molar-refractivity contribution in [1.29, 1.82) is 5.26 Å². The Bertz CT molecular complexity index is 852. The van der Waals surface area contributed by atoms with Crippen LogP contribution in [0.2, 0.25) is 0 Å². The maximum Gasteiger partial charge on any atom is 0.262 e. The van der Waals surface area contributed by atoms with Gasteiger partial charge < -0.3 is 0 Å². The zero-order valence-corrected chi connectivity index (χ0v) is 13.9. The second-order valence-corrected chi connectivity index (χ2v) is 6.97. The molecule has 0 radical (unpaired) electrons. The van der Waals surface area contributed by atoms with Crippen molar-refractivity contribution in [3.05, 3.63) is 58.1 Å². The Balaban J connectivity index is 2.60. The number of hydrogen-bond acceptors (Lipinski definition) is 3. The smallest absolute Gasteiger partial charge is 0.262 e. The molecule has 0 unspecified atom stereocenters. The van der Waals surface area contributed by atoms with Gasteiger partial charge in [-0.3, -0.25) is 4.72 Å². The standard InChI is InChI=1S/C17H18N2O2S/c1-11-9-12(2)14(4)17(13(11)3)22(20,21)19-16-8-6-5-7-15(16)10-18/h5-9,19H,1-4H3. The summed E-state index contributed by atoms with van der Waals surface area (Å²) in [6.45, 7) is 7.38. The van der Waals surface area contributed by atoms with Crippen molar-refractivity contribution in [3.63, 3.8) is 0 Å². The molecule has 0 amide bonds. The first-order valence-electron chi connectivity index (χ1n) is 6.87. The second kappa shape index (κ2) is 5.82. The van der Waals surface area contributed by atoms with E-state index in [0.29, 0.717) is 11.3 Å². The van der Waals surface area contributed by atoms with E-state index in [9.17, 15) is 8.42 Å². The van der Waals surface area contributed by atoms with Gasteiger partial charge in [0, 0.05) is 0 Å². The van der Waals surface area contributed by atoms with Crippen LogP contribution in [0.1, 0.15) is 27.8 Å². The van der Waals surface area contributed by atoms with Crippen LogP contribution in [0.25, 0.3) is 0 Å². The molecule has 0 aromatic heterocycles. The SMILES string of the molecule is Cc1cc(C)c(C)c(S(=O)(=O)Nc2ccccc2C#N)c1C. The summed E-state index contributed by atoms with van der Waals surface area (Å²) >= 11 is 0. The summed E-state index contributed by atoms with van der Waals surface area (Å²) in [5.41, 5.74) is 3.90. The first-order chi connectivity index (χ1) is 10.3. The molecule has 5 heteroatoms. The molecule has 0 bridgehead atoms. The van der Waals surface area contributed by atoms with Crippen LogP contribution in [0.4, 0.5) is 5.69 Å². The minimum Gasteiger partial charge on any atom is -0.278 e. The lowest BCUT2D eigenvalue weighted by molar-refractivity contribution is 0.599. The molecule has 1 N–H and O–H groups in total. The first-order valence-corrected chi connectivity index (χ1v) is 8.35. The van der Waals surface area contributed by atoms with Crippen LogP contribution in [-0.4, -0.2) is 8.42 Å². The van der Waals surface area contributed by atoms with Crippen molar-refractivity contribution >= 4 is 15.7 Å². The Morgan fingerprint density at radius 3 is 2.09 bits per heavy atom. The third-order valence-electron chi connectivity index (χ3n) is 3.86. The molecular weight excluding hydrogens is 296 g/mol. The van der Waals surface area contributed by atoms with E-state index in [4.69, 9.17) is 5.26 Å². The van der Waals surface area contributed by atoms with Crippen LogP contribution in [0.15, 0.2) is 35.2 Å². The normalized spacial score (nSPS) is 11.0. The van der Waals surface area contributed by atoms with Crippen LogP contribution in [0.3, 0.4) is 0 Å². The van der Waals surface area contributed by atoms with Gasteiger partial charge in [0.05, 0.1) is 16.1 Å². The molecule has 0 heterocycles. The highest BCUT2D eigenvalue weighted by Gasteiger charge is 2.23. The molecule has 0 saturated carbocycles. The maximum absolute atomic E-state index is 12.8. The Hall–Kier alpha value is -2.32. The summed E-state index contributed by atoms with van der Waals surface area (Å²) in [7, 11) is -3.75. The lowest BCUT2D eigenvalue weighted by Gasteiger charge is -2.17. The van der Waals surface area contributed by atoms with Crippen LogP contribution in [0.5, 0.6) is 0 Å². The third kappa shape index (κ3) is 2.83. The van der Waals surface area contributed by atoms with E-state index in [1.165, 1.54) is 0 Å². The van der Waals surface area contributed by atoms with E-state index in [1.807, 2.05) is 26.0 Å². The number of nitrogens with zero attached hydrogens (tertiary/aromatic N) is 1. The van der Waals surface area contributed by atoms with E-state index < -0.39 is 10.0 Å². The third-order valence-corrected chi connectivity index (χ3v) is 5.50. The van der Waals surface area contributed by atoms with E-state index >= 15 is 0 Å². The summed E-state index contributed by atoms with van der Waals surface area (Å²) < 4.78 is 28.1. The lowest BCUT2D eigenvalue weighted by atomic mass is 10.0. The van der Waals surface area contributed by atoms with Gasteiger partial charge in [-0.2, -0.15) is 5.26 Å². The fraction of sp³-hybridized carbons (Fsp3) is 0.235. The molecule has 2 aromatic rings. The number of para-hydroxylation sites is 1. The van der Waals surface area contributed by atoms with Gasteiger partial charge in [-0.15, -0.1) is 0 Å². The topological polar surface area (TPSA) is 70.0 Å². The van der Waals surface area contributed by atoms with Crippen LogP contribution in [-0.2, 0) is 10.0 Å². The van der Waals surface area contributed by atoms with Gasteiger partial charge in [0.25, 0.3) is 10.0 Å². The van der Waals surface area contributed by atoms with E-state index in [-0.39, 0.29) is 4.90 Å². The number of benzene rings is 2. The van der Waals surface area contributed by atoms with Crippen LogP contribution in [0, 0.1) is 39.0 Å². The van der Waals surface area contributed by atoms with Crippen molar-refractivity contribution in [1.82, 2.24) is 0 Å². The lowest BCUT2D eigenvalue weighted by Crippen LogP contribution is -2.17. The van der Waals surface area contributed by atoms with E-state index in [0.717, 1.165) is 22.3 Å². The Morgan fingerprint density at radius 2 is 1.55 bits per heavy atom. The number of aryl methyl sites for hydroxylation is 2. The van der Waals surface area contributed by atoms with Crippen molar-refractivity contribution in [2.75, 3.05) is 4.72 Å². The van der Waals surface area contributed by atoms with Gasteiger partial charge in [0.1, 0.15) is 6.07 Å². The largest absolute Gasteiger partial charge is 0.278 e. The quantitative estimate of drug-likeness (QED) is 0.941. The number of sulfonamides is 1. The molecule has 0 aliphatic heterocycles. The number of nitrogens with one attached hydrogen (secondary N) is 1. The van der Waals surface area contributed by atoms with Gasteiger partial charge >= 0.3 is 0 Å². The molecule has 0 saturated heterocycles. The number of hydrogen-bond donors (Lipinski definition) is 1. The molecule has 114 valence electrons. The zero-order valence-electron chi connectivity index (χ0n) is 13.1. The van der Waals surface area contributed by atoms with Gasteiger partial charge in [-0.05, 0) is 62.1 Å². The number of anilines is 1. The average Bonchev–Trinajstić information content (AvgIpc) is 2.45. The summed E-state index contributed by atoms with van der Waals surface area (Å²) in [5, 5.41) is 9.10. The molecule has 0 aliphatic carbocycles. The molecule has 2 aromatic carbocycles. The minimum atomic E-state index is -3.75. The molecule has 0 spiro atoms. The van der Waals surface area contributed by atoms with Crippen molar-refractivity contribution in [3.8, 4) is 6.07 Å². The molecule has 0 aliphatic rings. The maximum atomic E-state index is 12.8. The summed E-state index contributed by atoms with van der Waals surface area (Å²) in [5.74, 6) is 0. The average molecular weight is 314 g/mol. The Labute approximate surface area is 131 Å². The van der Waals surface area contributed by atoms with Gasteiger partial charge in [0.15, 0.2) is 0 Å². The Morgan fingerprint density at radius 1 is 1.00 bits per heavy atom. The monoisotopic (exact) mass is 314 g/mol. The van der Waals surface area contributed by atoms with Gasteiger partial charge in [-0.25, -0.2) is 8.42 Å². The van der Waals surface area contributed by atoms with Crippen LogP contribution >= 0.6 is 0 Å². The summed E-state index contributed by atoms with van der Waals surface area (Å²) in [6.07, 6.45) is 0. The highest BCUT2D eigenvalue weighted by molar-refractivity contribution is 7.92. The number of rotatable bonds is 3. The molecule has 2 rings (SSSR count).